The van der Waals surface area contributed by atoms with Crippen molar-refractivity contribution in [3.05, 3.63) is 24.3 Å². The lowest BCUT2D eigenvalue weighted by molar-refractivity contribution is 1.09. The quantitative estimate of drug-likeness (QED) is 0.647. The average molecular weight is 163 g/mol. The van der Waals surface area contributed by atoms with Gasteiger partial charge in [0.2, 0.25) is 0 Å². The predicted octanol–water partition coefficient (Wildman–Crippen LogP) is 2.29. The van der Waals surface area contributed by atoms with E-state index in [0.717, 1.165) is 16.9 Å². The number of H-pyrrole nitrogens is 1. The molecule has 0 aromatic carbocycles. The third-order valence-electron chi connectivity index (χ3n) is 1.42. The van der Waals surface area contributed by atoms with Gasteiger partial charge in [-0.2, -0.15) is 0 Å². The molecule has 0 amide bonds. The van der Waals surface area contributed by atoms with Crippen LogP contribution in [0.2, 0.25) is 0 Å². The van der Waals surface area contributed by atoms with Crippen LogP contribution in [0.4, 0.5) is 0 Å². The lowest BCUT2D eigenvalue weighted by Crippen LogP contribution is -1.84. The van der Waals surface area contributed by atoms with E-state index in [1.165, 1.54) is 0 Å². The fraction of sp³-hybridized carbons (Fsp3) is 0.333. The van der Waals surface area contributed by atoms with Crippen molar-refractivity contribution in [3.63, 3.8) is 0 Å². The van der Waals surface area contributed by atoms with Crippen LogP contribution in [-0.4, -0.2) is 15.0 Å². The minimum atomic E-state index is 0.812. The van der Waals surface area contributed by atoms with Gasteiger partial charge in [0.25, 0.3) is 0 Å². The van der Waals surface area contributed by atoms with Crippen molar-refractivity contribution < 1.29 is 0 Å². The Morgan fingerprint density at radius 3 is 2.83 bits per heavy atom. The third-order valence-corrected chi connectivity index (χ3v) is 1.42. The number of aryl methyl sites for hydroxylation is 1. The highest BCUT2D eigenvalue weighted by Crippen LogP contribution is 2.05. The molecule has 0 aliphatic heterocycles. The van der Waals surface area contributed by atoms with Crippen molar-refractivity contribution in [1.29, 1.82) is 0 Å². The Morgan fingerprint density at radius 1 is 1.33 bits per heavy atom. The molecule has 0 fully saturated rings. The molecule has 0 saturated carbocycles. The van der Waals surface area contributed by atoms with Crippen molar-refractivity contribution in [3.8, 4) is 0 Å². The molecule has 0 bridgehead atoms. The molecule has 0 unspecified atom stereocenters. The second kappa shape index (κ2) is 3.85. The smallest absolute Gasteiger partial charge is 0.126 e. The first-order valence-electron chi connectivity index (χ1n) is 4.13. The highest BCUT2D eigenvalue weighted by atomic mass is 14.9. The van der Waals surface area contributed by atoms with E-state index in [2.05, 4.69) is 15.0 Å². The van der Waals surface area contributed by atoms with E-state index >= 15 is 0 Å². The summed E-state index contributed by atoms with van der Waals surface area (Å²) in [5.74, 6) is 0.812. The molecule has 64 valence electrons. The fourth-order valence-corrected chi connectivity index (χ4v) is 0.936. The van der Waals surface area contributed by atoms with Crippen LogP contribution in [0.25, 0.3) is 11.0 Å². The molecular weight excluding hydrogens is 150 g/mol. The molecule has 2 rings (SSSR count). The molecule has 3 nitrogen and oxygen atoms in total. The Hall–Kier alpha value is -1.38. The standard InChI is InChI=1S/C7H7N3.C2H6/c1-5-9-4-7-6(10-5)2-3-8-7;1-2/h2-4,8H,1H3;1-2H3. The van der Waals surface area contributed by atoms with Gasteiger partial charge in [-0.05, 0) is 13.0 Å². The van der Waals surface area contributed by atoms with E-state index in [-0.39, 0.29) is 0 Å². The summed E-state index contributed by atoms with van der Waals surface area (Å²) in [5.41, 5.74) is 1.97. The summed E-state index contributed by atoms with van der Waals surface area (Å²) < 4.78 is 0. The molecule has 2 aromatic heterocycles. The van der Waals surface area contributed by atoms with Gasteiger partial charge in [-0.15, -0.1) is 0 Å². The molecule has 12 heavy (non-hydrogen) atoms. The molecule has 0 aliphatic carbocycles. The predicted molar refractivity (Wildman–Crippen MR) is 50.0 cm³/mol. The first-order valence-corrected chi connectivity index (χ1v) is 4.13. The minimum absolute atomic E-state index is 0.812. The molecule has 1 N–H and O–H groups in total. The maximum Gasteiger partial charge on any atom is 0.126 e. The number of hydrogen-bond donors (Lipinski definition) is 1. The van der Waals surface area contributed by atoms with E-state index < -0.39 is 0 Å². The van der Waals surface area contributed by atoms with Crippen molar-refractivity contribution in [2.24, 2.45) is 0 Å². The number of hydrogen-bond acceptors (Lipinski definition) is 2. The summed E-state index contributed by atoms with van der Waals surface area (Å²) in [6.45, 7) is 5.88. The topological polar surface area (TPSA) is 41.6 Å². The Labute approximate surface area is 71.9 Å². The van der Waals surface area contributed by atoms with E-state index in [1.54, 1.807) is 6.20 Å². The zero-order valence-electron chi connectivity index (χ0n) is 7.63. The summed E-state index contributed by atoms with van der Waals surface area (Å²) in [7, 11) is 0. The second-order valence-electron chi connectivity index (χ2n) is 2.19. The Balaban J connectivity index is 0.000000336. The van der Waals surface area contributed by atoms with Gasteiger partial charge in [0.15, 0.2) is 0 Å². The van der Waals surface area contributed by atoms with Crippen molar-refractivity contribution in [1.82, 2.24) is 15.0 Å². The first-order chi connectivity index (χ1) is 5.86. The molecule has 0 aliphatic rings. The molecule has 0 atom stereocenters. The zero-order chi connectivity index (χ0) is 8.97. The molecule has 0 spiro atoms. The van der Waals surface area contributed by atoms with Crippen molar-refractivity contribution in [2.45, 2.75) is 20.8 Å². The largest absolute Gasteiger partial charge is 0.359 e. The minimum Gasteiger partial charge on any atom is -0.359 e. The monoisotopic (exact) mass is 163 g/mol. The lowest BCUT2D eigenvalue weighted by Gasteiger charge is -1.88. The summed E-state index contributed by atoms with van der Waals surface area (Å²) in [6.07, 6.45) is 3.65. The van der Waals surface area contributed by atoms with Crippen LogP contribution >= 0.6 is 0 Å². The van der Waals surface area contributed by atoms with Gasteiger partial charge in [0.1, 0.15) is 5.82 Å². The van der Waals surface area contributed by atoms with Crippen LogP contribution in [0.1, 0.15) is 19.7 Å². The summed E-state index contributed by atoms with van der Waals surface area (Å²) >= 11 is 0. The number of nitrogens with zero attached hydrogens (tertiary/aromatic N) is 2. The van der Waals surface area contributed by atoms with Gasteiger partial charge in [-0.1, -0.05) is 13.8 Å². The Morgan fingerprint density at radius 2 is 2.08 bits per heavy atom. The van der Waals surface area contributed by atoms with Crippen LogP contribution in [-0.2, 0) is 0 Å². The molecule has 2 heterocycles. The second-order valence-corrected chi connectivity index (χ2v) is 2.19. The maximum atomic E-state index is 4.19. The average Bonchev–Trinajstić information content (AvgIpc) is 2.54. The van der Waals surface area contributed by atoms with Gasteiger partial charge >= 0.3 is 0 Å². The van der Waals surface area contributed by atoms with Gasteiger partial charge in [0.05, 0.1) is 17.2 Å². The fourth-order valence-electron chi connectivity index (χ4n) is 0.936. The Kier molecular flexibility index (Phi) is 2.80. The lowest BCUT2D eigenvalue weighted by atomic mass is 10.4. The maximum absolute atomic E-state index is 4.19. The number of rotatable bonds is 0. The highest BCUT2D eigenvalue weighted by molar-refractivity contribution is 5.73. The SMILES string of the molecule is CC.Cc1ncc2[nH]ccc2n1. The van der Waals surface area contributed by atoms with Crippen LogP contribution < -0.4 is 0 Å². The van der Waals surface area contributed by atoms with Crippen LogP contribution in [0.15, 0.2) is 18.5 Å². The molecule has 2 aromatic rings. The van der Waals surface area contributed by atoms with Crippen LogP contribution in [0.5, 0.6) is 0 Å². The van der Waals surface area contributed by atoms with Gasteiger partial charge in [0, 0.05) is 6.20 Å². The van der Waals surface area contributed by atoms with Crippen molar-refractivity contribution >= 4 is 11.0 Å². The van der Waals surface area contributed by atoms with E-state index in [9.17, 15) is 0 Å². The zero-order valence-corrected chi connectivity index (χ0v) is 7.63. The number of fused-ring (bicyclic) bond motifs is 1. The van der Waals surface area contributed by atoms with E-state index in [1.807, 2.05) is 33.0 Å². The summed E-state index contributed by atoms with van der Waals surface area (Å²) in [6, 6.07) is 1.93. The van der Waals surface area contributed by atoms with E-state index in [4.69, 9.17) is 0 Å². The number of nitrogens with one attached hydrogen (secondary N) is 1. The Bertz CT molecular complexity index is 351. The third kappa shape index (κ3) is 1.61. The van der Waals surface area contributed by atoms with Gasteiger partial charge < -0.3 is 4.98 Å². The highest BCUT2D eigenvalue weighted by Gasteiger charge is 1.93. The van der Waals surface area contributed by atoms with Gasteiger partial charge in [-0.3, -0.25) is 0 Å². The van der Waals surface area contributed by atoms with Gasteiger partial charge in [-0.25, -0.2) is 9.97 Å². The number of aromatic nitrogens is 3. The molecule has 3 heteroatoms. The first kappa shape index (κ1) is 8.71. The van der Waals surface area contributed by atoms with Crippen LogP contribution in [0, 0.1) is 6.92 Å². The summed E-state index contributed by atoms with van der Waals surface area (Å²) in [4.78, 5) is 11.3. The summed E-state index contributed by atoms with van der Waals surface area (Å²) in [5, 5.41) is 0. The van der Waals surface area contributed by atoms with E-state index in [0.29, 0.717) is 0 Å². The van der Waals surface area contributed by atoms with Crippen molar-refractivity contribution in [2.75, 3.05) is 0 Å². The molecule has 0 radical (unpaired) electrons. The molecule has 0 saturated heterocycles. The van der Waals surface area contributed by atoms with Crippen LogP contribution in [0.3, 0.4) is 0 Å². The number of aromatic amines is 1. The molecular formula is C9H13N3. The normalized spacial score (nSPS) is 9.25.